The third kappa shape index (κ3) is 20.0. The third-order valence-electron chi connectivity index (χ3n) is 5.11. The van der Waals surface area contributed by atoms with Crippen molar-refractivity contribution in [2.75, 3.05) is 13.2 Å². The molecule has 1 amide bonds. The Hall–Kier alpha value is -1.63. The lowest BCUT2D eigenvalue weighted by Crippen LogP contribution is -2.39. The van der Waals surface area contributed by atoms with E-state index in [-0.39, 0.29) is 25.1 Å². The lowest BCUT2D eigenvalue weighted by molar-refractivity contribution is -0.154. The van der Waals surface area contributed by atoms with Crippen LogP contribution in [0.2, 0.25) is 0 Å². The molecule has 0 aliphatic heterocycles. The van der Waals surface area contributed by atoms with E-state index < -0.39 is 18.1 Å². The Morgan fingerprint density at radius 1 is 0.774 bits per heavy atom. The molecule has 0 fully saturated rings. The number of esters is 2. The normalized spacial score (nSPS) is 12.8. The summed E-state index contributed by atoms with van der Waals surface area (Å²) in [5.41, 5.74) is 0. The number of rotatable bonds is 20. The number of carbonyl (C=O) groups is 3. The van der Waals surface area contributed by atoms with Crippen LogP contribution in [0.15, 0.2) is 0 Å². The Balaban J connectivity index is 3.49. The molecule has 0 bridgehead atoms. The highest BCUT2D eigenvalue weighted by Gasteiger charge is 2.17. The van der Waals surface area contributed by atoms with Gasteiger partial charge in [-0.3, -0.25) is 9.59 Å². The summed E-state index contributed by atoms with van der Waals surface area (Å²) in [6.07, 6.45) is 15.5. The fourth-order valence-electron chi connectivity index (χ4n) is 3.26. The summed E-state index contributed by atoms with van der Waals surface area (Å²) >= 11 is 0. The highest BCUT2D eigenvalue weighted by atomic mass is 16.6. The summed E-state index contributed by atoms with van der Waals surface area (Å²) in [5.74, 6) is -1.33. The standard InChI is InChI=1S/C24H45NO6/c1-4-5-6-7-8-9-10-11-12-13-14-15-16-17-23(28)30-18-22(27)19-31-24(29)20(2)25-21(3)26/h20,22,27H,4-19H2,1-3H3,(H,25,26)/t20-,22?/m1/s1. The smallest absolute Gasteiger partial charge is 0.328 e. The predicted molar refractivity (Wildman–Crippen MR) is 122 cm³/mol. The molecular formula is C24H45NO6. The van der Waals surface area contributed by atoms with Gasteiger partial charge in [0.15, 0.2) is 0 Å². The van der Waals surface area contributed by atoms with Crippen molar-refractivity contribution in [2.45, 2.75) is 123 Å². The van der Waals surface area contributed by atoms with Crippen LogP contribution >= 0.6 is 0 Å². The minimum absolute atomic E-state index is 0.209. The molecule has 182 valence electrons. The van der Waals surface area contributed by atoms with Crippen LogP contribution in [0.1, 0.15) is 111 Å². The first-order valence-corrected chi connectivity index (χ1v) is 12.1. The van der Waals surface area contributed by atoms with Crippen molar-refractivity contribution in [3.63, 3.8) is 0 Å². The van der Waals surface area contributed by atoms with E-state index in [1.165, 1.54) is 78.1 Å². The zero-order valence-corrected chi connectivity index (χ0v) is 20.0. The van der Waals surface area contributed by atoms with Crippen LogP contribution in [0.5, 0.6) is 0 Å². The van der Waals surface area contributed by atoms with Crippen molar-refractivity contribution in [1.29, 1.82) is 0 Å². The molecule has 7 nitrogen and oxygen atoms in total. The molecule has 0 heterocycles. The Labute approximate surface area is 188 Å². The number of nitrogens with one attached hydrogen (secondary N) is 1. The summed E-state index contributed by atoms with van der Waals surface area (Å²) in [7, 11) is 0. The van der Waals surface area contributed by atoms with E-state index in [1.807, 2.05) is 0 Å². The van der Waals surface area contributed by atoms with E-state index in [4.69, 9.17) is 9.47 Å². The molecular weight excluding hydrogens is 398 g/mol. The number of aliphatic hydroxyl groups excluding tert-OH is 1. The maximum absolute atomic E-state index is 11.7. The van der Waals surface area contributed by atoms with Gasteiger partial charge in [-0.15, -0.1) is 0 Å². The van der Waals surface area contributed by atoms with Crippen molar-refractivity contribution < 1.29 is 29.0 Å². The summed E-state index contributed by atoms with van der Waals surface area (Å²) in [6.45, 7) is 4.55. The first kappa shape index (κ1) is 29.4. The maximum atomic E-state index is 11.7. The number of carbonyl (C=O) groups excluding carboxylic acids is 3. The van der Waals surface area contributed by atoms with Crippen LogP contribution in [0.4, 0.5) is 0 Å². The van der Waals surface area contributed by atoms with Crippen molar-refractivity contribution in [2.24, 2.45) is 0 Å². The molecule has 0 aromatic heterocycles. The molecule has 0 aliphatic rings. The first-order valence-electron chi connectivity index (χ1n) is 12.1. The molecule has 0 saturated carbocycles. The first-order chi connectivity index (χ1) is 14.9. The molecule has 0 aliphatic carbocycles. The number of unbranched alkanes of at least 4 members (excludes halogenated alkanes) is 12. The Bertz CT molecular complexity index is 483. The van der Waals surface area contributed by atoms with Gasteiger partial charge in [-0.2, -0.15) is 0 Å². The molecule has 0 radical (unpaired) electrons. The summed E-state index contributed by atoms with van der Waals surface area (Å²) in [4.78, 5) is 34.2. The number of ether oxygens (including phenoxy) is 2. The van der Waals surface area contributed by atoms with Crippen molar-refractivity contribution >= 4 is 17.8 Å². The van der Waals surface area contributed by atoms with Gasteiger partial charge in [-0.1, -0.05) is 84.0 Å². The van der Waals surface area contributed by atoms with E-state index in [0.29, 0.717) is 6.42 Å². The van der Waals surface area contributed by atoms with Crippen LogP contribution in [0.25, 0.3) is 0 Å². The van der Waals surface area contributed by atoms with E-state index >= 15 is 0 Å². The molecule has 1 unspecified atom stereocenters. The van der Waals surface area contributed by atoms with Crippen LogP contribution < -0.4 is 5.32 Å². The van der Waals surface area contributed by atoms with Crippen LogP contribution in [-0.2, 0) is 23.9 Å². The van der Waals surface area contributed by atoms with Gasteiger partial charge >= 0.3 is 11.9 Å². The SMILES string of the molecule is CCCCCCCCCCCCCCCC(=O)OCC(O)COC(=O)[C@@H](C)NC(C)=O. The largest absolute Gasteiger partial charge is 0.463 e. The number of hydrogen-bond donors (Lipinski definition) is 2. The minimum atomic E-state index is -1.08. The number of amides is 1. The zero-order valence-electron chi connectivity index (χ0n) is 20.0. The van der Waals surface area contributed by atoms with Gasteiger partial charge in [-0.25, -0.2) is 4.79 Å². The molecule has 2 atom stereocenters. The molecule has 0 rings (SSSR count). The summed E-state index contributed by atoms with van der Waals surface area (Å²) in [5, 5.41) is 12.1. The monoisotopic (exact) mass is 443 g/mol. The molecule has 0 saturated heterocycles. The van der Waals surface area contributed by atoms with Crippen molar-refractivity contribution in [1.82, 2.24) is 5.32 Å². The average Bonchev–Trinajstić information content (AvgIpc) is 2.73. The predicted octanol–water partition coefficient (Wildman–Crippen LogP) is 4.44. The molecule has 0 aromatic carbocycles. The lowest BCUT2D eigenvalue weighted by atomic mass is 10.0. The quantitative estimate of drug-likeness (QED) is 0.213. The summed E-state index contributed by atoms with van der Waals surface area (Å²) in [6, 6.07) is -0.789. The number of aliphatic hydroxyl groups is 1. The van der Waals surface area contributed by atoms with Gasteiger partial charge in [0.1, 0.15) is 25.4 Å². The summed E-state index contributed by atoms with van der Waals surface area (Å²) < 4.78 is 9.90. The van der Waals surface area contributed by atoms with Crippen LogP contribution in [0.3, 0.4) is 0 Å². The van der Waals surface area contributed by atoms with Crippen LogP contribution in [-0.4, -0.2) is 48.3 Å². The number of hydrogen-bond acceptors (Lipinski definition) is 6. The maximum Gasteiger partial charge on any atom is 0.328 e. The van der Waals surface area contributed by atoms with Gasteiger partial charge in [-0.05, 0) is 13.3 Å². The third-order valence-corrected chi connectivity index (χ3v) is 5.11. The zero-order chi connectivity index (χ0) is 23.3. The van der Waals surface area contributed by atoms with E-state index in [0.717, 1.165) is 19.3 Å². The lowest BCUT2D eigenvalue weighted by Gasteiger charge is -2.15. The van der Waals surface area contributed by atoms with Crippen molar-refractivity contribution in [3.8, 4) is 0 Å². The van der Waals surface area contributed by atoms with Crippen molar-refractivity contribution in [3.05, 3.63) is 0 Å². The van der Waals surface area contributed by atoms with E-state index in [9.17, 15) is 19.5 Å². The Morgan fingerprint density at radius 2 is 1.23 bits per heavy atom. The minimum Gasteiger partial charge on any atom is -0.463 e. The second-order valence-corrected chi connectivity index (χ2v) is 8.38. The highest BCUT2D eigenvalue weighted by molar-refractivity contribution is 5.82. The van der Waals surface area contributed by atoms with Gasteiger partial charge < -0.3 is 19.9 Å². The second-order valence-electron chi connectivity index (χ2n) is 8.38. The van der Waals surface area contributed by atoms with Crippen LogP contribution in [0, 0.1) is 0 Å². The van der Waals surface area contributed by atoms with Gasteiger partial charge in [0.25, 0.3) is 0 Å². The van der Waals surface area contributed by atoms with Gasteiger partial charge in [0.05, 0.1) is 0 Å². The average molecular weight is 444 g/mol. The molecule has 31 heavy (non-hydrogen) atoms. The topological polar surface area (TPSA) is 102 Å². The molecule has 0 spiro atoms. The molecule has 2 N–H and O–H groups in total. The fraction of sp³-hybridized carbons (Fsp3) is 0.875. The Kier molecular flexibility index (Phi) is 19.2. The second kappa shape index (κ2) is 20.3. The van der Waals surface area contributed by atoms with Gasteiger partial charge in [0, 0.05) is 13.3 Å². The Morgan fingerprint density at radius 3 is 1.71 bits per heavy atom. The van der Waals surface area contributed by atoms with Gasteiger partial charge in [0.2, 0.25) is 5.91 Å². The van der Waals surface area contributed by atoms with E-state index in [1.54, 1.807) is 0 Å². The molecule has 7 heteroatoms. The highest BCUT2D eigenvalue weighted by Crippen LogP contribution is 2.13. The fourth-order valence-corrected chi connectivity index (χ4v) is 3.26. The molecule has 0 aromatic rings. The van der Waals surface area contributed by atoms with E-state index in [2.05, 4.69) is 12.2 Å².